The molecular formula is C13H23NO3. The molecule has 1 N–H and O–H groups in total. The van der Waals surface area contributed by atoms with Crippen molar-refractivity contribution in [1.82, 2.24) is 5.32 Å². The summed E-state index contributed by atoms with van der Waals surface area (Å²) in [5.74, 6) is -0.108. The molecular weight excluding hydrogens is 218 g/mol. The topological polar surface area (TPSA) is 55.4 Å². The van der Waals surface area contributed by atoms with Crippen molar-refractivity contribution in [2.24, 2.45) is 5.92 Å². The lowest BCUT2D eigenvalue weighted by Gasteiger charge is -2.39. The number of amides is 1. The molecule has 0 aromatic rings. The second-order valence-corrected chi connectivity index (χ2v) is 6.03. The van der Waals surface area contributed by atoms with Crippen LogP contribution < -0.4 is 5.32 Å². The summed E-state index contributed by atoms with van der Waals surface area (Å²) in [6.07, 6.45) is 4.28. The molecule has 0 heterocycles. The van der Waals surface area contributed by atoms with Gasteiger partial charge in [-0.15, -0.1) is 0 Å². The maximum atomic E-state index is 11.7. The summed E-state index contributed by atoms with van der Waals surface area (Å²) < 4.78 is 5.23. The Morgan fingerprint density at radius 1 is 1.41 bits per heavy atom. The van der Waals surface area contributed by atoms with Gasteiger partial charge in [-0.2, -0.15) is 0 Å². The Kier molecular flexibility index (Phi) is 4.17. The highest BCUT2D eigenvalue weighted by atomic mass is 16.6. The van der Waals surface area contributed by atoms with Gasteiger partial charge in [0.25, 0.3) is 0 Å². The molecule has 0 saturated heterocycles. The van der Waals surface area contributed by atoms with Gasteiger partial charge in [0.15, 0.2) is 0 Å². The molecule has 2 unspecified atom stereocenters. The number of rotatable bonds is 2. The lowest BCUT2D eigenvalue weighted by Crippen LogP contribution is -2.54. The minimum atomic E-state index is -0.508. The minimum Gasteiger partial charge on any atom is -0.444 e. The Morgan fingerprint density at radius 3 is 2.59 bits per heavy atom. The predicted octanol–water partition coefficient (Wildman–Crippen LogP) is 2.66. The summed E-state index contributed by atoms with van der Waals surface area (Å²) in [6, 6.07) is 0. The molecule has 0 radical (unpaired) electrons. The van der Waals surface area contributed by atoms with Crippen LogP contribution in [0.5, 0.6) is 0 Å². The average Bonchev–Trinajstić information content (AvgIpc) is 2.14. The fourth-order valence-corrected chi connectivity index (χ4v) is 2.27. The van der Waals surface area contributed by atoms with Gasteiger partial charge in [0.1, 0.15) is 11.9 Å². The predicted molar refractivity (Wildman–Crippen MR) is 65.8 cm³/mol. The fourth-order valence-electron chi connectivity index (χ4n) is 2.27. The van der Waals surface area contributed by atoms with Crippen LogP contribution in [0, 0.1) is 5.92 Å². The van der Waals surface area contributed by atoms with Crippen molar-refractivity contribution in [3.63, 3.8) is 0 Å². The Morgan fingerprint density at radius 2 is 2.06 bits per heavy atom. The highest BCUT2D eigenvalue weighted by molar-refractivity contribution is 5.70. The highest BCUT2D eigenvalue weighted by Gasteiger charge is 2.38. The summed E-state index contributed by atoms with van der Waals surface area (Å²) in [7, 11) is 0. The Balaban J connectivity index is 2.64. The van der Waals surface area contributed by atoms with Crippen LogP contribution in [0.3, 0.4) is 0 Å². The van der Waals surface area contributed by atoms with Crippen molar-refractivity contribution in [2.75, 3.05) is 0 Å². The van der Waals surface area contributed by atoms with Gasteiger partial charge in [0, 0.05) is 11.5 Å². The van der Waals surface area contributed by atoms with Gasteiger partial charge in [0.2, 0.25) is 0 Å². The van der Waals surface area contributed by atoms with Crippen LogP contribution in [0.15, 0.2) is 0 Å². The molecule has 1 amide bonds. The standard InChI is InChI=1S/C13H23NO3/c1-12(2,3)17-11(16)14-13(4)8-6-5-7-10(13)9-15/h9-10H,5-8H2,1-4H3,(H,14,16). The molecule has 0 bridgehead atoms. The summed E-state index contributed by atoms with van der Waals surface area (Å²) in [5, 5.41) is 2.86. The van der Waals surface area contributed by atoms with Gasteiger partial charge in [-0.25, -0.2) is 4.79 Å². The van der Waals surface area contributed by atoms with E-state index >= 15 is 0 Å². The number of aldehydes is 1. The van der Waals surface area contributed by atoms with Crippen molar-refractivity contribution in [3.8, 4) is 0 Å². The van der Waals surface area contributed by atoms with E-state index in [0.717, 1.165) is 32.0 Å². The van der Waals surface area contributed by atoms with Crippen LogP contribution in [-0.2, 0) is 9.53 Å². The quantitative estimate of drug-likeness (QED) is 0.756. The first-order chi connectivity index (χ1) is 7.77. The maximum absolute atomic E-state index is 11.7. The fraction of sp³-hybridized carbons (Fsp3) is 0.846. The molecule has 0 spiro atoms. The summed E-state index contributed by atoms with van der Waals surface area (Å²) in [6.45, 7) is 7.40. The minimum absolute atomic E-state index is 0.108. The van der Waals surface area contributed by atoms with Crippen molar-refractivity contribution >= 4 is 12.4 Å². The molecule has 1 aliphatic rings. The van der Waals surface area contributed by atoms with E-state index in [9.17, 15) is 9.59 Å². The van der Waals surface area contributed by atoms with Crippen LogP contribution in [-0.4, -0.2) is 23.5 Å². The third-order valence-electron chi connectivity index (χ3n) is 3.23. The summed E-state index contributed by atoms with van der Waals surface area (Å²) in [5.41, 5.74) is -0.964. The lowest BCUT2D eigenvalue weighted by atomic mass is 9.75. The number of nitrogens with one attached hydrogen (secondary N) is 1. The van der Waals surface area contributed by atoms with Crippen LogP contribution in [0.4, 0.5) is 4.79 Å². The lowest BCUT2D eigenvalue weighted by molar-refractivity contribution is -0.114. The third-order valence-corrected chi connectivity index (χ3v) is 3.23. The van der Waals surface area contributed by atoms with E-state index in [0.29, 0.717) is 0 Å². The molecule has 0 aromatic carbocycles. The van der Waals surface area contributed by atoms with E-state index in [-0.39, 0.29) is 5.92 Å². The first-order valence-electron chi connectivity index (χ1n) is 6.23. The van der Waals surface area contributed by atoms with Gasteiger partial charge in [-0.05, 0) is 40.5 Å². The number of carbonyl (C=O) groups is 2. The molecule has 4 nitrogen and oxygen atoms in total. The number of hydrogen-bond acceptors (Lipinski definition) is 3. The van der Waals surface area contributed by atoms with Crippen molar-refractivity contribution < 1.29 is 14.3 Å². The van der Waals surface area contributed by atoms with E-state index < -0.39 is 17.2 Å². The van der Waals surface area contributed by atoms with Crippen molar-refractivity contribution in [1.29, 1.82) is 0 Å². The van der Waals surface area contributed by atoms with E-state index in [1.165, 1.54) is 0 Å². The zero-order valence-electron chi connectivity index (χ0n) is 11.2. The second-order valence-electron chi connectivity index (χ2n) is 6.03. The zero-order chi connectivity index (χ0) is 13.1. The smallest absolute Gasteiger partial charge is 0.408 e. The Hall–Kier alpha value is -1.06. The molecule has 98 valence electrons. The van der Waals surface area contributed by atoms with Crippen molar-refractivity contribution in [3.05, 3.63) is 0 Å². The van der Waals surface area contributed by atoms with Crippen LogP contribution in [0.1, 0.15) is 53.4 Å². The van der Waals surface area contributed by atoms with E-state index in [1.807, 2.05) is 27.7 Å². The van der Waals surface area contributed by atoms with Crippen LogP contribution in [0.25, 0.3) is 0 Å². The van der Waals surface area contributed by atoms with E-state index in [1.54, 1.807) is 0 Å². The van der Waals surface area contributed by atoms with Crippen molar-refractivity contribution in [2.45, 2.75) is 64.5 Å². The molecule has 0 aromatic heterocycles. The normalized spacial score (nSPS) is 29.5. The largest absolute Gasteiger partial charge is 0.444 e. The summed E-state index contributed by atoms with van der Waals surface area (Å²) >= 11 is 0. The second kappa shape index (κ2) is 5.07. The molecule has 1 rings (SSSR count). The molecule has 17 heavy (non-hydrogen) atoms. The molecule has 1 aliphatic carbocycles. The van der Waals surface area contributed by atoms with Gasteiger partial charge in [-0.3, -0.25) is 0 Å². The monoisotopic (exact) mass is 241 g/mol. The van der Waals surface area contributed by atoms with E-state index in [4.69, 9.17) is 4.74 Å². The SMILES string of the molecule is CC(C)(C)OC(=O)NC1(C)CCCCC1C=O. The zero-order valence-corrected chi connectivity index (χ0v) is 11.2. The number of alkyl carbamates (subject to hydrolysis) is 1. The first-order valence-corrected chi connectivity index (χ1v) is 6.23. The molecule has 4 heteroatoms. The van der Waals surface area contributed by atoms with Gasteiger partial charge < -0.3 is 14.8 Å². The Bertz CT molecular complexity index is 296. The van der Waals surface area contributed by atoms with Gasteiger partial charge in [-0.1, -0.05) is 12.8 Å². The van der Waals surface area contributed by atoms with Gasteiger partial charge >= 0.3 is 6.09 Å². The van der Waals surface area contributed by atoms with Crippen LogP contribution in [0.2, 0.25) is 0 Å². The number of carbonyl (C=O) groups excluding carboxylic acids is 2. The average molecular weight is 241 g/mol. The molecule has 2 atom stereocenters. The highest BCUT2D eigenvalue weighted by Crippen LogP contribution is 2.32. The number of ether oxygens (including phenoxy) is 1. The summed E-state index contributed by atoms with van der Waals surface area (Å²) in [4.78, 5) is 22.8. The molecule has 1 fully saturated rings. The Labute approximate surface area is 103 Å². The van der Waals surface area contributed by atoms with Crippen LogP contribution >= 0.6 is 0 Å². The van der Waals surface area contributed by atoms with E-state index in [2.05, 4.69) is 5.32 Å². The van der Waals surface area contributed by atoms with Gasteiger partial charge in [0.05, 0.1) is 0 Å². The maximum Gasteiger partial charge on any atom is 0.408 e. The third kappa shape index (κ3) is 4.02. The number of hydrogen-bond donors (Lipinski definition) is 1. The molecule has 0 aliphatic heterocycles. The molecule has 1 saturated carbocycles. The first kappa shape index (κ1) is 14.0.